The molecule has 0 heterocycles. The Hall–Kier alpha value is 0.799. The molecule has 0 amide bonds. The Morgan fingerprint density at radius 3 is 0.781 bits per heavy atom. The molecule has 2 radical (unpaired) electrons. The van der Waals surface area contributed by atoms with E-state index in [-0.39, 0.29) is 45.2 Å². The summed E-state index contributed by atoms with van der Waals surface area (Å²) >= 11 is 0. The van der Waals surface area contributed by atoms with Gasteiger partial charge in [0.25, 0.3) is 0 Å². The summed E-state index contributed by atoms with van der Waals surface area (Å²) in [5, 5.41) is 16.9. The summed E-state index contributed by atoms with van der Waals surface area (Å²) in [5.74, 6) is 0. The molecule has 0 spiro atoms. The molecule has 0 N–H and O–H groups in total. The van der Waals surface area contributed by atoms with Gasteiger partial charge >= 0.3 is 0 Å². The van der Waals surface area contributed by atoms with Gasteiger partial charge in [-0.1, -0.05) is 69.2 Å². The molecule has 0 aromatic carbocycles. The zero-order chi connectivity index (χ0) is 24.6. The number of rotatable bonds is 12. The molecule has 0 aliphatic carbocycles. The van der Waals surface area contributed by atoms with Gasteiger partial charge in [-0.15, -0.1) is 11.1 Å². The SMILES string of the molecule is CC[N-]C(C)(C)CN(C)C.CC[N-]C(C)(C)CN(C)C.CC[N-]CC.CC[N-]CC.[Mn].[Mn]. The predicted molar refractivity (Wildman–Crippen MR) is 142 cm³/mol. The van der Waals surface area contributed by atoms with Crippen molar-refractivity contribution in [1.29, 1.82) is 0 Å². The van der Waals surface area contributed by atoms with Crippen molar-refractivity contribution in [3.63, 3.8) is 0 Å². The van der Waals surface area contributed by atoms with Gasteiger partial charge < -0.3 is 31.1 Å². The van der Waals surface area contributed by atoms with Crippen LogP contribution in [-0.4, -0.2) is 101 Å². The third kappa shape index (κ3) is 52.6. The van der Waals surface area contributed by atoms with E-state index >= 15 is 0 Å². The van der Waals surface area contributed by atoms with Crippen molar-refractivity contribution in [3.05, 3.63) is 21.3 Å². The van der Waals surface area contributed by atoms with E-state index in [9.17, 15) is 0 Å². The first-order valence-corrected chi connectivity index (χ1v) is 11.7. The minimum Gasteiger partial charge on any atom is -0.663 e. The van der Waals surface area contributed by atoms with E-state index in [4.69, 9.17) is 0 Å². The molecule has 0 saturated heterocycles. The molecule has 0 aliphatic rings. The Kier molecular flexibility index (Phi) is 45.9. The van der Waals surface area contributed by atoms with Crippen LogP contribution in [0.3, 0.4) is 0 Å². The molecule has 0 fully saturated rings. The van der Waals surface area contributed by atoms with E-state index in [1.807, 2.05) is 27.7 Å². The van der Waals surface area contributed by atoms with E-state index < -0.39 is 0 Å². The van der Waals surface area contributed by atoms with Gasteiger partial charge in [-0.2, -0.15) is 39.3 Å². The topological polar surface area (TPSA) is 62.9 Å². The molecular formula is C24H58Mn2N6-4. The van der Waals surface area contributed by atoms with E-state index in [1.165, 1.54) is 0 Å². The van der Waals surface area contributed by atoms with E-state index in [0.29, 0.717) is 0 Å². The first-order chi connectivity index (χ1) is 13.8. The second-order valence-electron chi connectivity index (χ2n) is 8.76. The van der Waals surface area contributed by atoms with Crippen LogP contribution in [-0.2, 0) is 34.1 Å². The second-order valence-corrected chi connectivity index (χ2v) is 8.76. The summed E-state index contributed by atoms with van der Waals surface area (Å²) in [4.78, 5) is 4.33. The summed E-state index contributed by atoms with van der Waals surface area (Å²) < 4.78 is 0. The average molecular weight is 541 g/mol. The fourth-order valence-corrected chi connectivity index (χ4v) is 2.95. The van der Waals surface area contributed by atoms with E-state index in [0.717, 1.165) is 52.4 Å². The summed E-state index contributed by atoms with van der Waals surface area (Å²) in [6, 6.07) is 0. The Morgan fingerprint density at radius 1 is 0.469 bits per heavy atom. The number of nitrogens with zero attached hydrogens (tertiary/aromatic N) is 6. The van der Waals surface area contributed by atoms with Crippen molar-refractivity contribution in [3.8, 4) is 0 Å². The minimum absolute atomic E-state index is 0. The van der Waals surface area contributed by atoms with Gasteiger partial charge in [0.05, 0.1) is 0 Å². The van der Waals surface area contributed by atoms with Crippen molar-refractivity contribution in [2.45, 2.75) is 80.3 Å². The fraction of sp³-hybridized carbons (Fsp3) is 1.00. The number of hydrogen-bond acceptors (Lipinski definition) is 2. The summed E-state index contributed by atoms with van der Waals surface area (Å²) in [7, 11) is 8.31. The van der Waals surface area contributed by atoms with Gasteiger partial charge in [-0.25, -0.2) is 0 Å². The van der Waals surface area contributed by atoms with Crippen molar-refractivity contribution in [2.75, 3.05) is 80.5 Å². The second kappa shape index (κ2) is 31.8. The molecule has 0 unspecified atom stereocenters. The molecule has 0 aliphatic heterocycles. The van der Waals surface area contributed by atoms with Crippen LogP contribution < -0.4 is 0 Å². The maximum absolute atomic E-state index is 4.46. The van der Waals surface area contributed by atoms with Gasteiger partial charge in [0, 0.05) is 34.1 Å². The molecule has 0 atom stereocenters. The normalized spacial score (nSPS) is 10.5. The zero-order valence-electron chi connectivity index (χ0n) is 24.1. The summed E-state index contributed by atoms with van der Waals surface area (Å²) in [6.45, 7) is 28.8. The molecule has 202 valence electrons. The minimum atomic E-state index is 0. The Morgan fingerprint density at radius 2 is 0.688 bits per heavy atom. The van der Waals surface area contributed by atoms with Crippen LogP contribution in [0.5, 0.6) is 0 Å². The average Bonchev–Trinajstić information content (AvgIpc) is 2.55. The van der Waals surface area contributed by atoms with Crippen molar-refractivity contribution in [1.82, 2.24) is 9.80 Å². The maximum atomic E-state index is 4.46. The first-order valence-electron chi connectivity index (χ1n) is 11.7. The van der Waals surface area contributed by atoms with Crippen molar-refractivity contribution < 1.29 is 34.1 Å². The molecule has 32 heavy (non-hydrogen) atoms. The Bertz CT molecular complexity index is 281. The molecule has 8 heteroatoms. The van der Waals surface area contributed by atoms with Gasteiger partial charge in [-0.05, 0) is 41.3 Å². The van der Waals surface area contributed by atoms with Crippen molar-refractivity contribution >= 4 is 0 Å². The first kappa shape index (κ1) is 46.2. The largest absolute Gasteiger partial charge is 0.663 e. The Labute approximate surface area is 225 Å². The molecule has 0 aromatic rings. The molecule has 0 aromatic heterocycles. The smallest absolute Gasteiger partial charge is 0 e. The molecular weight excluding hydrogens is 482 g/mol. The molecule has 0 rings (SSSR count). The van der Waals surface area contributed by atoms with Crippen molar-refractivity contribution in [2.24, 2.45) is 0 Å². The van der Waals surface area contributed by atoms with Crippen LogP contribution in [0, 0.1) is 0 Å². The van der Waals surface area contributed by atoms with E-state index in [2.05, 4.69) is 101 Å². The third-order valence-corrected chi connectivity index (χ3v) is 3.47. The van der Waals surface area contributed by atoms with Gasteiger partial charge in [-0.3, -0.25) is 0 Å². The predicted octanol–water partition coefficient (Wildman–Crippen LogP) is 6.24. The standard InChI is InChI=1S/2C8H19N2.2C4H10N.2Mn/c2*1-6-9-8(2,3)7-10(4)5;2*1-3-5-4-2;;/h2*6-7H2,1-5H3;2*3-4H2,1-2H3;;/q4*-1;;. The molecule has 0 saturated carbocycles. The van der Waals surface area contributed by atoms with Crippen LogP contribution in [0.2, 0.25) is 0 Å². The number of likely N-dealkylation sites (N-methyl/N-ethyl adjacent to an activating group) is 4. The van der Waals surface area contributed by atoms with Crippen LogP contribution in [0.15, 0.2) is 0 Å². The zero-order valence-corrected chi connectivity index (χ0v) is 26.5. The third-order valence-electron chi connectivity index (χ3n) is 3.47. The maximum Gasteiger partial charge on any atom is 0 e. The van der Waals surface area contributed by atoms with Gasteiger partial charge in [0.15, 0.2) is 0 Å². The van der Waals surface area contributed by atoms with Gasteiger partial charge in [0.2, 0.25) is 0 Å². The fourth-order valence-electron chi connectivity index (χ4n) is 2.95. The van der Waals surface area contributed by atoms with Crippen LogP contribution in [0.25, 0.3) is 21.3 Å². The molecule has 6 nitrogen and oxygen atoms in total. The van der Waals surface area contributed by atoms with Crippen LogP contribution >= 0.6 is 0 Å². The monoisotopic (exact) mass is 540 g/mol. The Balaban J connectivity index is -0.0000000724. The summed E-state index contributed by atoms with van der Waals surface area (Å²) in [5.41, 5.74) is 0.247. The van der Waals surface area contributed by atoms with E-state index in [1.54, 1.807) is 0 Å². The van der Waals surface area contributed by atoms with Crippen LogP contribution in [0.4, 0.5) is 0 Å². The van der Waals surface area contributed by atoms with Gasteiger partial charge in [0.1, 0.15) is 0 Å². The van der Waals surface area contributed by atoms with Crippen LogP contribution in [0.1, 0.15) is 69.2 Å². The summed E-state index contributed by atoms with van der Waals surface area (Å²) in [6.07, 6.45) is 0. The quantitative estimate of drug-likeness (QED) is 0.275. The molecule has 0 bridgehead atoms. The number of hydrogen-bond donors (Lipinski definition) is 0.